The van der Waals surface area contributed by atoms with E-state index in [1.54, 1.807) is 0 Å². The molecule has 0 saturated heterocycles. The van der Waals surface area contributed by atoms with E-state index in [1.807, 2.05) is 0 Å². The average Bonchev–Trinajstić information content (AvgIpc) is 2.29. The first kappa shape index (κ1) is 7.41. The molecular formula is C11H13N. The summed E-state index contributed by atoms with van der Waals surface area (Å²) in [6.07, 6.45) is 11.8. The molecule has 0 bridgehead atoms. The van der Waals surface area contributed by atoms with Gasteiger partial charge >= 0.3 is 0 Å². The highest BCUT2D eigenvalue weighted by molar-refractivity contribution is 5.59. The van der Waals surface area contributed by atoms with E-state index in [4.69, 9.17) is 0 Å². The molecule has 0 saturated carbocycles. The summed E-state index contributed by atoms with van der Waals surface area (Å²) < 4.78 is 2.21. The molecule has 0 amide bonds. The monoisotopic (exact) mass is 159 g/mol. The van der Waals surface area contributed by atoms with Gasteiger partial charge in [0.05, 0.1) is 0 Å². The number of aromatic nitrogens is 1. The van der Waals surface area contributed by atoms with E-state index in [1.165, 1.54) is 16.8 Å². The fraction of sp³-hybridized carbons (Fsp3) is 0.273. The molecule has 0 aliphatic heterocycles. The van der Waals surface area contributed by atoms with Crippen LogP contribution in [0.1, 0.15) is 16.8 Å². The van der Waals surface area contributed by atoms with Gasteiger partial charge in [-0.15, -0.1) is 0 Å². The van der Waals surface area contributed by atoms with E-state index in [9.17, 15) is 0 Å². The summed E-state index contributed by atoms with van der Waals surface area (Å²) >= 11 is 0. The van der Waals surface area contributed by atoms with Crippen molar-refractivity contribution < 1.29 is 0 Å². The number of hydrogen-bond donors (Lipinski definition) is 0. The van der Waals surface area contributed by atoms with Crippen LogP contribution in [0.2, 0.25) is 0 Å². The smallest absolute Gasteiger partial charge is 0.0285 e. The number of allylic oxidation sites excluding steroid dienone is 3. The van der Waals surface area contributed by atoms with Crippen LogP contribution < -0.4 is 0 Å². The molecule has 0 spiro atoms. The number of nitrogens with zero attached hydrogens (tertiary/aromatic N) is 1. The highest BCUT2D eigenvalue weighted by Gasteiger charge is 2.07. The van der Waals surface area contributed by atoms with Crippen molar-refractivity contribution >= 4 is 6.08 Å². The molecule has 0 radical (unpaired) electrons. The molecule has 1 nitrogen and oxygen atoms in total. The maximum absolute atomic E-state index is 2.21. The zero-order valence-corrected chi connectivity index (χ0v) is 7.54. The Kier molecular flexibility index (Phi) is 1.65. The van der Waals surface area contributed by atoms with Crippen LogP contribution >= 0.6 is 0 Å². The third-order valence-corrected chi connectivity index (χ3v) is 2.37. The minimum Gasteiger partial charge on any atom is -0.353 e. The van der Waals surface area contributed by atoms with Crippen LogP contribution in [0.25, 0.3) is 6.08 Å². The molecule has 1 aromatic rings. The minimum atomic E-state index is 1.05. The van der Waals surface area contributed by atoms with Gasteiger partial charge in [-0.2, -0.15) is 0 Å². The van der Waals surface area contributed by atoms with E-state index >= 15 is 0 Å². The Hall–Kier alpha value is -1.24. The van der Waals surface area contributed by atoms with Crippen LogP contribution in [0.3, 0.4) is 0 Å². The summed E-state index contributed by atoms with van der Waals surface area (Å²) in [5, 5.41) is 0. The first-order valence-corrected chi connectivity index (χ1v) is 4.27. The molecule has 1 heteroatoms. The van der Waals surface area contributed by atoms with Gasteiger partial charge in [0.25, 0.3) is 0 Å². The van der Waals surface area contributed by atoms with Crippen molar-refractivity contribution in [1.82, 2.24) is 4.57 Å². The lowest BCUT2D eigenvalue weighted by atomic mass is 10.1. The topological polar surface area (TPSA) is 4.93 Å². The molecule has 12 heavy (non-hydrogen) atoms. The number of hydrogen-bond acceptors (Lipinski definition) is 0. The van der Waals surface area contributed by atoms with Crippen LogP contribution in [-0.2, 0) is 13.5 Å². The van der Waals surface area contributed by atoms with Gasteiger partial charge in [-0.05, 0) is 18.1 Å². The first-order chi connectivity index (χ1) is 5.79. The number of aryl methyl sites for hydroxylation is 2. The fourth-order valence-electron chi connectivity index (χ4n) is 1.75. The predicted octanol–water partition coefficient (Wildman–Crippen LogP) is 2.46. The van der Waals surface area contributed by atoms with Crippen molar-refractivity contribution in [2.24, 2.45) is 7.05 Å². The Bertz CT molecular complexity index is 353. The highest BCUT2D eigenvalue weighted by Crippen LogP contribution is 2.20. The minimum absolute atomic E-state index is 1.05. The van der Waals surface area contributed by atoms with Crippen molar-refractivity contribution in [3.63, 3.8) is 0 Å². The maximum atomic E-state index is 2.21. The summed E-state index contributed by atoms with van der Waals surface area (Å²) in [5.74, 6) is 0. The van der Waals surface area contributed by atoms with Gasteiger partial charge in [-0.1, -0.05) is 24.3 Å². The summed E-state index contributed by atoms with van der Waals surface area (Å²) in [4.78, 5) is 0. The zero-order chi connectivity index (χ0) is 8.55. The van der Waals surface area contributed by atoms with Crippen LogP contribution in [0, 0.1) is 6.92 Å². The molecule has 0 unspecified atom stereocenters. The van der Waals surface area contributed by atoms with Gasteiger partial charge in [-0.3, -0.25) is 0 Å². The second-order valence-electron chi connectivity index (χ2n) is 3.27. The van der Waals surface area contributed by atoms with Crippen molar-refractivity contribution in [3.05, 3.63) is 41.2 Å². The van der Waals surface area contributed by atoms with Gasteiger partial charge in [0.1, 0.15) is 0 Å². The van der Waals surface area contributed by atoms with Crippen LogP contribution in [0.15, 0.2) is 24.4 Å². The Balaban J connectivity index is 2.61. The van der Waals surface area contributed by atoms with E-state index < -0.39 is 0 Å². The molecule has 0 atom stereocenters. The zero-order valence-electron chi connectivity index (χ0n) is 7.54. The van der Waals surface area contributed by atoms with Gasteiger partial charge in [-0.25, -0.2) is 0 Å². The molecule has 1 heterocycles. The summed E-state index contributed by atoms with van der Waals surface area (Å²) in [6, 6.07) is 0. The lowest BCUT2D eigenvalue weighted by molar-refractivity contribution is 0.856. The third-order valence-electron chi connectivity index (χ3n) is 2.37. The quantitative estimate of drug-likeness (QED) is 0.548. The maximum Gasteiger partial charge on any atom is 0.0285 e. The van der Waals surface area contributed by atoms with Gasteiger partial charge in [0, 0.05) is 25.4 Å². The number of fused-ring (bicyclic) bond motifs is 1. The number of rotatable bonds is 0. The first-order valence-electron chi connectivity index (χ1n) is 4.27. The van der Waals surface area contributed by atoms with Crippen LogP contribution in [-0.4, -0.2) is 4.57 Å². The summed E-state index contributed by atoms with van der Waals surface area (Å²) in [6.45, 7) is 2.16. The van der Waals surface area contributed by atoms with Crippen molar-refractivity contribution in [2.75, 3.05) is 0 Å². The fourth-order valence-corrected chi connectivity index (χ4v) is 1.75. The SMILES string of the molecule is Cc1cn(C)c2c1C=CC=CC2. The Morgan fingerprint density at radius 2 is 2.17 bits per heavy atom. The average molecular weight is 159 g/mol. The van der Waals surface area contributed by atoms with Gasteiger partial charge < -0.3 is 4.57 Å². The largest absolute Gasteiger partial charge is 0.353 e. The van der Waals surface area contributed by atoms with E-state index in [-0.39, 0.29) is 0 Å². The Morgan fingerprint density at radius 3 is 3.00 bits per heavy atom. The van der Waals surface area contributed by atoms with Crippen LogP contribution in [0.4, 0.5) is 0 Å². The summed E-state index contributed by atoms with van der Waals surface area (Å²) in [7, 11) is 2.11. The van der Waals surface area contributed by atoms with E-state index in [2.05, 4.69) is 49.0 Å². The molecule has 62 valence electrons. The molecule has 0 fully saturated rings. The second kappa shape index (κ2) is 2.67. The van der Waals surface area contributed by atoms with Crippen molar-refractivity contribution in [2.45, 2.75) is 13.3 Å². The molecule has 1 aliphatic carbocycles. The lowest BCUT2D eigenvalue weighted by Gasteiger charge is -1.99. The standard InChI is InChI=1S/C11H13N/c1-9-8-12(2)11-7-5-3-4-6-10(9)11/h3-6,8H,7H2,1-2H3. The molecule has 1 aromatic heterocycles. The second-order valence-corrected chi connectivity index (χ2v) is 3.27. The summed E-state index contributed by atoms with van der Waals surface area (Å²) in [5.41, 5.74) is 4.17. The molecule has 1 aliphatic rings. The predicted molar refractivity (Wildman–Crippen MR) is 52.0 cm³/mol. The highest BCUT2D eigenvalue weighted by atomic mass is 14.9. The van der Waals surface area contributed by atoms with Crippen molar-refractivity contribution in [3.8, 4) is 0 Å². The van der Waals surface area contributed by atoms with Gasteiger partial charge in [0.2, 0.25) is 0 Å². The molecule has 2 rings (SSSR count). The molecule has 0 N–H and O–H groups in total. The molecule has 0 aromatic carbocycles. The van der Waals surface area contributed by atoms with Crippen LogP contribution in [0.5, 0.6) is 0 Å². The Labute approximate surface area is 73.0 Å². The molecular weight excluding hydrogens is 146 g/mol. The van der Waals surface area contributed by atoms with Crippen molar-refractivity contribution in [1.29, 1.82) is 0 Å². The third kappa shape index (κ3) is 1.02. The van der Waals surface area contributed by atoms with E-state index in [0.29, 0.717) is 0 Å². The normalized spacial score (nSPS) is 14.5. The lowest BCUT2D eigenvalue weighted by Crippen LogP contribution is -1.93. The van der Waals surface area contributed by atoms with Gasteiger partial charge in [0.15, 0.2) is 0 Å². The van der Waals surface area contributed by atoms with E-state index in [0.717, 1.165) is 6.42 Å². The Morgan fingerprint density at radius 1 is 1.33 bits per heavy atom.